The zero-order valence-corrected chi connectivity index (χ0v) is 16.4. The molecule has 9 nitrogen and oxygen atoms in total. The van der Waals surface area contributed by atoms with Gasteiger partial charge in [-0.15, -0.1) is 0 Å². The molecule has 0 bridgehead atoms. The van der Waals surface area contributed by atoms with E-state index in [1.54, 1.807) is 29.0 Å². The van der Waals surface area contributed by atoms with E-state index in [4.69, 9.17) is 4.52 Å². The lowest BCUT2D eigenvalue weighted by atomic mass is 10.1. The Balaban J connectivity index is 1.51. The van der Waals surface area contributed by atoms with Gasteiger partial charge >= 0.3 is 0 Å². The maximum absolute atomic E-state index is 14.1. The van der Waals surface area contributed by atoms with Crippen molar-refractivity contribution in [1.82, 2.24) is 34.8 Å². The summed E-state index contributed by atoms with van der Waals surface area (Å²) in [7, 11) is 1.81. The minimum absolute atomic E-state index is 0.231. The molecule has 0 spiro atoms. The van der Waals surface area contributed by atoms with Crippen LogP contribution in [0.3, 0.4) is 0 Å². The van der Waals surface area contributed by atoms with Crippen LogP contribution in [0.5, 0.6) is 0 Å². The number of amides is 1. The fourth-order valence-corrected chi connectivity index (χ4v) is 3.97. The van der Waals surface area contributed by atoms with Gasteiger partial charge in [0.25, 0.3) is 11.8 Å². The van der Waals surface area contributed by atoms with Gasteiger partial charge in [-0.1, -0.05) is 18.0 Å². The number of carbonyl (C=O) groups excluding carboxylic acids is 1. The molecule has 1 aliphatic rings. The minimum Gasteiger partial charge on any atom is -0.344 e. The first kappa shape index (κ1) is 18.5. The van der Waals surface area contributed by atoms with Crippen LogP contribution >= 0.6 is 0 Å². The minimum atomic E-state index is -0.486. The first-order valence-electron chi connectivity index (χ1n) is 9.86. The summed E-state index contributed by atoms with van der Waals surface area (Å²) in [6.07, 6.45) is 8.38. The molecule has 1 N–H and O–H groups in total. The van der Waals surface area contributed by atoms with Crippen molar-refractivity contribution in [2.45, 2.75) is 31.7 Å². The molecular formula is C20H20FN7O2. The second-order valence-electron chi connectivity index (χ2n) is 7.48. The predicted octanol–water partition coefficient (Wildman–Crippen LogP) is 3.24. The quantitative estimate of drug-likeness (QED) is 0.557. The van der Waals surface area contributed by atoms with Crippen molar-refractivity contribution in [2.75, 3.05) is 6.54 Å². The molecule has 5 rings (SSSR count). The molecule has 0 unspecified atom stereocenters. The van der Waals surface area contributed by atoms with Gasteiger partial charge in [0.2, 0.25) is 0 Å². The lowest BCUT2D eigenvalue weighted by molar-refractivity contribution is 0.0672. The highest BCUT2D eigenvalue weighted by atomic mass is 19.1. The van der Waals surface area contributed by atoms with Gasteiger partial charge in [-0.05, 0) is 25.0 Å². The van der Waals surface area contributed by atoms with Gasteiger partial charge in [0.15, 0.2) is 5.82 Å². The van der Waals surface area contributed by atoms with Crippen LogP contribution in [0.4, 0.5) is 4.39 Å². The predicted molar refractivity (Wildman–Crippen MR) is 105 cm³/mol. The second kappa shape index (κ2) is 7.36. The van der Waals surface area contributed by atoms with Crippen LogP contribution in [0.15, 0.2) is 35.4 Å². The zero-order chi connectivity index (χ0) is 20.7. The second-order valence-corrected chi connectivity index (χ2v) is 7.48. The van der Waals surface area contributed by atoms with Crippen LogP contribution in [0.2, 0.25) is 0 Å². The zero-order valence-electron chi connectivity index (χ0n) is 16.4. The molecule has 0 radical (unpaired) electrons. The van der Waals surface area contributed by atoms with Crippen molar-refractivity contribution in [2.24, 2.45) is 7.05 Å². The Morgan fingerprint density at radius 1 is 1.30 bits per heavy atom. The third-order valence-electron chi connectivity index (χ3n) is 5.42. The van der Waals surface area contributed by atoms with Gasteiger partial charge in [-0.3, -0.25) is 9.48 Å². The molecule has 1 aliphatic heterocycles. The SMILES string of the molecule is Cn1cc(-c2nc([C@@H]3CCCCCN3C(=O)c3cc(F)cc4[nH]cnc34)no2)cn1. The molecule has 0 aliphatic carbocycles. The van der Waals surface area contributed by atoms with E-state index in [-0.39, 0.29) is 17.5 Å². The van der Waals surface area contributed by atoms with Crippen LogP contribution in [-0.4, -0.2) is 47.2 Å². The summed E-state index contributed by atoms with van der Waals surface area (Å²) >= 11 is 0. The highest BCUT2D eigenvalue weighted by Crippen LogP contribution is 2.32. The number of nitrogens with zero attached hydrogens (tertiary/aromatic N) is 6. The molecule has 3 aromatic heterocycles. The highest BCUT2D eigenvalue weighted by molar-refractivity contribution is 6.05. The molecule has 1 fully saturated rings. The Labute approximate surface area is 170 Å². The Kier molecular flexibility index (Phi) is 4.53. The van der Waals surface area contributed by atoms with Crippen LogP contribution < -0.4 is 0 Å². The van der Waals surface area contributed by atoms with E-state index in [1.807, 2.05) is 0 Å². The fourth-order valence-electron chi connectivity index (χ4n) is 3.97. The highest BCUT2D eigenvalue weighted by Gasteiger charge is 2.32. The third-order valence-corrected chi connectivity index (χ3v) is 5.42. The number of H-pyrrole nitrogens is 1. The van der Waals surface area contributed by atoms with E-state index in [0.29, 0.717) is 41.3 Å². The van der Waals surface area contributed by atoms with Crippen LogP contribution in [0.25, 0.3) is 22.5 Å². The summed E-state index contributed by atoms with van der Waals surface area (Å²) in [6, 6.07) is 2.22. The number of aromatic amines is 1. The molecule has 4 aromatic rings. The van der Waals surface area contributed by atoms with E-state index in [0.717, 1.165) is 19.3 Å². The molecule has 1 aromatic carbocycles. The van der Waals surface area contributed by atoms with E-state index >= 15 is 0 Å². The van der Waals surface area contributed by atoms with E-state index < -0.39 is 5.82 Å². The first-order chi connectivity index (χ1) is 14.6. The number of benzene rings is 1. The van der Waals surface area contributed by atoms with Crippen molar-refractivity contribution in [3.05, 3.63) is 48.1 Å². The van der Waals surface area contributed by atoms with Gasteiger partial charge < -0.3 is 14.4 Å². The van der Waals surface area contributed by atoms with Crippen molar-refractivity contribution in [3.8, 4) is 11.5 Å². The number of carbonyl (C=O) groups is 1. The number of halogens is 1. The third kappa shape index (κ3) is 3.23. The summed E-state index contributed by atoms with van der Waals surface area (Å²) in [5.41, 5.74) is 1.89. The number of nitrogens with one attached hydrogen (secondary N) is 1. The van der Waals surface area contributed by atoms with E-state index in [9.17, 15) is 9.18 Å². The van der Waals surface area contributed by atoms with Crippen LogP contribution in [0, 0.1) is 5.82 Å². The fraction of sp³-hybridized carbons (Fsp3) is 0.350. The number of rotatable bonds is 3. The van der Waals surface area contributed by atoms with Gasteiger partial charge in [0, 0.05) is 19.8 Å². The molecule has 30 heavy (non-hydrogen) atoms. The lowest BCUT2D eigenvalue weighted by Crippen LogP contribution is -2.35. The summed E-state index contributed by atoms with van der Waals surface area (Å²) in [4.78, 5) is 26.8. The number of fused-ring (bicyclic) bond motifs is 1. The molecule has 1 amide bonds. The average molecular weight is 409 g/mol. The van der Waals surface area contributed by atoms with Crippen molar-refractivity contribution >= 4 is 16.9 Å². The van der Waals surface area contributed by atoms with Gasteiger partial charge in [0.1, 0.15) is 11.3 Å². The number of aromatic nitrogens is 6. The molecule has 1 atom stereocenters. The summed E-state index contributed by atoms with van der Waals surface area (Å²) in [5, 5.41) is 8.27. The Morgan fingerprint density at radius 3 is 3.03 bits per heavy atom. The smallest absolute Gasteiger partial charge is 0.261 e. The lowest BCUT2D eigenvalue weighted by Gasteiger charge is -2.28. The summed E-state index contributed by atoms with van der Waals surface area (Å²) < 4.78 is 21.2. The number of aryl methyl sites for hydroxylation is 1. The number of hydrogen-bond donors (Lipinski definition) is 1. The van der Waals surface area contributed by atoms with Gasteiger partial charge in [0.05, 0.1) is 35.2 Å². The largest absolute Gasteiger partial charge is 0.344 e. The average Bonchev–Trinajstić information content (AvgIpc) is 3.45. The normalized spacial score (nSPS) is 17.4. The maximum Gasteiger partial charge on any atom is 0.261 e. The molecular weight excluding hydrogens is 389 g/mol. The summed E-state index contributed by atoms with van der Waals surface area (Å²) in [5.74, 6) is 0.0279. The monoisotopic (exact) mass is 409 g/mol. The Hall–Kier alpha value is -3.56. The van der Waals surface area contributed by atoms with Crippen molar-refractivity contribution < 1.29 is 13.7 Å². The van der Waals surface area contributed by atoms with E-state index in [2.05, 4.69) is 25.2 Å². The number of imidazole rings is 1. The molecule has 0 saturated carbocycles. The number of likely N-dealkylation sites (tertiary alicyclic amines) is 1. The van der Waals surface area contributed by atoms with Crippen molar-refractivity contribution in [1.29, 1.82) is 0 Å². The Morgan fingerprint density at radius 2 is 2.20 bits per heavy atom. The molecule has 1 saturated heterocycles. The standard InChI is InChI=1S/C20H20FN7O2/c1-27-10-12(9-24-27)19-25-18(26-30-19)16-5-3-2-4-6-28(16)20(29)14-7-13(21)8-15-17(14)23-11-22-15/h7-11,16H,2-6H2,1H3,(H,22,23)/t16-/m0/s1. The first-order valence-corrected chi connectivity index (χ1v) is 9.86. The van der Waals surface area contributed by atoms with Crippen LogP contribution in [0.1, 0.15) is 47.9 Å². The van der Waals surface area contributed by atoms with Gasteiger partial charge in [-0.25, -0.2) is 9.37 Å². The molecule has 154 valence electrons. The maximum atomic E-state index is 14.1. The number of hydrogen-bond acceptors (Lipinski definition) is 6. The van der Waals surface area contributed by atoms with Crippen molar-refractivity contribution in [3.63, 3.8) is 0 Å². The summed E-state index contributed by atoms with van der Waals surface area (Å²) in [6.45, 7) is 0.530. The topological polar surface area (TPSA) is 106 Å². The Bertz CT molecular complexity index is 1210. The van der Waals surface area contributed by atoms with Gasteiger partial charge in [-0.2, -0.15) is 10.1 Å². The van der Waals surface area contributed by atoms with Crippen LogP contribution in [-0.2, 0) is 7.05 Å². The molecule has 4 heterocycles. The molecule has 10 heteroatoms. The van der Waals surface area contributed by atoms with E-state index in [1.165, 1.54) is 18.5 Å².